The van der Waals surface area contributed by atoms with Gasteiger partial charge in [0.1, 0.15) is 5.76 Å². The number of furan rings is 1. The van der Waals surface area contributed by atoms with Gasteiger partial charge < -0.3 is 15.1 Å². The molecule has 6 rings (SSSR count). The number of amides is 2. The number of carbonyl (C=O) groups excluding carboxylic acids is 1. The quantitative estimate of drug-likeness (QED) is 0.274. The maximum absolute atomic E-state index is 12.6. The average Bonchev–Trinajstić information content (AvgIpc) is 3.51. The van der Waals surface area contributed by atoms with Crippen molar-refractivity contribution in [1.82, 2.24) is 9.88 Å². The Balaban J connectivity index is 1.12. The number of hydrogen-bond acceptors (Lipinski definition) is 5. The van der Waals surface area contributed by atoms with Crippen molar-refractivity contribution >= 4 is 39.0 Å². The molecule has 5 aromatic rings. The summed E-state index contributed by atoms with van der Waals surface area (Å²) in [7, 11) is 0. The van der Waals surface area contributed by atoms with Crippen LogP contribution < -0.4 is 10.6 Å². The van der Waals surface area contributed by atoms with E-state index in [0.717, 1.165) is 69.7 Å². The van der Waals surface area contributed by atoms with Crippen LogP contribution in [0.25, 0.3) is 21.0 Å². The van der Waals surface area contributed by atoms with Crippen LogP contribution in [-0.4, -0.2) is 22.5 Å². The van der Waals surface area contributed by atoms with Gasteiger partial charge in [-0.25, -0.2) is 9.78 Å². The summed E-state index contributed by atoms with van der Waals surface area (Å²) in [5, 5.41) is 6.88. The topological polar surface area (TPSA) is 70.4 Å². The summed E-state index contributed by atoms with van der Waals surface area (Å²) >= 11 is 1.65. The summed E-state index contributed by atoms with van der Waals surface area (Å²) in [6.45, 7) is 4.44. The predicted molar refractivity (Wildman–Crippen MR) is 145 cm³/mol. The third-order valence-corrected chi connectivity index (χ3v) is 7.47. The highest BCUT2D eigenvalue weighted by Gasteiger charge is 2.21. The number of hydrogen-bond donors (Lipinski definition) is 2. The Labute approximate surface area is 213 Å². The van der Waals surface area contributed by atoms with Gasteiger partial charge in [0, 0.05) is 24.5 Å². The molecule has 0 radical (unpaired) electrons. The van der Waals surface area contributed by atoms with E-state index in [9.17, 15) is 4.79 Å². The third-order valence-electron chi connectivity index (χ3n) is 6.41. The standard InChI is InChI=1S/C29H26N4O2S/c1-19-6-4-8-21(16-19)30-29(34)32-24-10-5-7-20-17-33(15-14-23(20)24)18-22-12-13-26(35-22)28-31-25-9-2-3-11-27(25)36-28/h2-13,16H,14-15,17-18H2,1H3,(H2,30,32,34). The Kier molecular flexibility index (Phi) is 6.01. The molecule has 0 fully saturated rings. The zero-order chi connectivity index (χ0) is 24.5. The molecule has 0 spiro atoms. The largest absolute Gasteiger partial charge is 0.457 e. The number of anilines is 2. The minimum Gasteiger partial charge on any atom is -0.457 e. The normalized spacial score (nSPS) is 13.5. The number of rotatable bonds is 5. The average molecular weight is 495 g/mol. The van der Waals surface area contributed by atoms with E-state index in [1.54, 1.807) is 11.3 Å². The summed E-state index contributed by atoms with van der Waals surface area (Å²) in [4.78, 5) is 19.7. The van der Waals surface area contributed by atoms with Crippen LogP contribution in [-0.2, 0) is 19.5 Å². The molecule has 0 aliphatic carbocycles. The van der Waals surface area contributed by atoms with Gasteiger partial charge in [-0.3, -0.25) is 4.90 Å². The van der Waals surface area contributed by atoms with E-state index in [1.807, 2.05) is 73.7 Å². The summed E-state index contributed by atoms with van der Waals surface area (Å²) < 4.78 is 7.33. The Hall–Kier alpha value is -3.94. The van der Waals surface area contributed by atoms with Gasteiger partial charge in [-0.05, 0) is 72.5 Å². The molecule has 1 aliphatic rings. The lowest BCUT2D eigenvalue weighted by Gasteiger charge is -2.29. The number of thiazole rings is 1. The van der Waals surface area contributed by atoms with Crippen molar-refractivity contribution in [2.24, 2.45) is 0 Å². The number of benzene rings is 3. The highest BCUT2D eigenvalue weighted by molar-refractivity contribution is 7.21. The van der Waals surface area contributed by atoms with Crippen molar-refractivity contribution in [2.75, 3.05) is 17.2 Å². The van der Waals surface area contributed by atoms with Gasteiger partial charge >= 0.3 is 6.03 Å². The van der Waals surface area contributed by atoms with E-state index in [0.29, 0.717) is 0 Å². The van der Waals surface area contributed by atoms with Crippen LogP contribution in [0.3, 0.4) is 0 Å². The number of aryl methyl sites for hydroxylation is 1. The lowest BCUT2D eigenvalue weighted by molar-refractivity contribution is 0.227. The fourth-order valence-electron chi connectivity index (χ4n) is 4.70. The molecule has 2 N–H and O–H groups in total. The second kappa shape index (κ2) is 9.60. The molecular weight excluding hydrogens is 468 g/mol. The Morgan fingerprint density at radius 1 is 1.03 bits per heavy atom. The number of urea groups is 1. The van der Waals surface area contributed by atoms with Gasteiger partial charge in [0.05, 0.1) is 16.8 Å². The van der Waals surface area contributed by atoms with Crippen LogP contribution in [0.4, 0.5) is 16.2 Å². The first-order valence-corrected chi connectivity index (χ1v) is 12.8. The molecule has 6 nitrogen and oxygen atoms in total. The maximum Gasteiger partial charge on any atom is 0.323 e. The molecule has 0 bridgehead atoms. The van der Waals surface area contributed by atoms with E-state index < -0.39 is 0 Å². The fraction of sp³-hybridized carbons (Fsp3) is 0.172. The second-order valence-electron chi connectivity index (χ2n) is 9.11. The summed E-state index contributed by atoms with van der Waals surface area (Å²) in [6.07, 6.45) is 0.863. The molecule has 3 aromatic carbocycles. The summed E-state index contributed by atoms with van der Waals surface area (Å²) in [5.74, 6) is 1.74. The fourth-order valence-corrected chi connectivity index (χ4v) is 5.63. The zero-order valence-electron chi connectivity index (χ0n) is 20.0. The molecule has 180 valence electrons. The van der Waals surface area contributed by atoms with E-state index in [2.05, 4.69) is 27.7 Å². The van der Waals surface area contributed by atoms with Crippen LogP contribution in [0.2, 0.25) is 0 Å². The third kappa shape index (κ3) is 4.76. The van der Waals surface area contributed by atoms with Crippen molar-refractivity contribution in [1.29, 1.82) is 0 Å². The van der Waals surface area contributed by atoms with Crippen molar-refractivity contribution in [3.05, 3.63) is 101 Å². The summed E-state index contributed by atoms with van der Waals surface area (Å²) in [6, 6.07) is 25.9. The highest BCUT2D eigenvalue weighted by Crippen LogP contribution is 2.32. The molecule has 0 saturated carbocycles. The number of para-hydroxylation sites is 1. The number of carbonyl (C=O) groups is 1. The van der Waals surface area contributed by atoms with E-state index in [4.69, 9.17) is 9.40 Å². The van der Waals surface area contributed by atoms with Crippen molar-refractivity contribution in [3.63, 3.8) is 0 Å². The van der Waals surface area contributed by atoms with Crippen molar-refractivity contribution < 1.29 is 9.21 Å². The maximum atomic E-state index is 12.6. The van der Waals surface area contributed by atoms with Crippen molar-refractivity contribution in [3.8, 4) is 10.8 Å². The first-order valence-electron chi connectivity index (χ1n) is 12.0. The molecule has 2 aromatic heterocycles. The monoisotopic (exact) mass is 494 g/mol. The zero-order valence-corrected chi connectivity index (χ0v) is 20.8. The highest BCUT2D eigenvalue weighted by atomic mass is 32.1. The SMILES string of the molecule is Cc1cccc(NC(=O)Nc2cccc3c2CCN(Cc2ccc(-c4nc5ccccc5s4)o2)C3)c1. The van der Waals surface area contributed by atoms with Crippen LogP contribution in [0.1, 0.15) is 22.5 Å². The molecule has 3 heterocycles. The molecule has 2 amide bonds. The molecule has 0 unspecified atom stereocenters. The lowest BCUT2D eigenvalue weighted by atomic mass is 9.97. The van der Waals surface area contributed by atoms with Gasteiger partial charge in [-0.1, -0.05) is 36.4 Å². The molecule has 36 heavy (non-hydrogen) atoms. The van der Waals surface area contributed by atoms with Crippen LogP contribution in [0.15, 0.2) is 83.3 Å². The lowest BCUT2D eigenvalue weighted by Crippen LogP contribution is -2.31. The minimum atomic E-state index is -0.227. The van der Waals surface area contributed by atoms with Crippen molar-refractivity contribution in [2.45, 2.75) is 26.4 Å². The molecule has 0 saturated heterocycles. The first kappa shape index (κ1) is 22.5. The Morgan fingerprint density at radius 3 is 2.81 bits per heavy atom. The molecule has 0 atom stereocenters. The molecular formula is C29H26N4O2S. The number of nitrogens with one attached hydrogen (secondary N) is 2. The van der Waals surface area contributed by atoms with Gasteiger partial charge in [0.2, 0.25) is 0 Å². The van der Waals surface area contributed by atoms with Gasteiger partial charge in [-0.15, -0.1) is 11.3 Å². The number of nitrogens with zero attached hydrogens (tertiary/aromatic N) is 2. The Morgan fingerprint density at radius 2 is 1.92 bits per heavy atom. The molecule has 1 aliphatic heterocycles. The smallest absolute Gasteiger partial charge is 0.323 e. The van der Waals surface area contributed by atoms with Gasteiger partial charge in [-0.2, -0.15) is 0 Å². The van der Waals surface area contributed by atoms with E-state index in [-0.39, 0.29) is 6.03 Å². The number of aromatic nitrogens is 1. The van der Waals surface area contributed by atoms with Gasteiger partial charge in [0.25, 0.3) is 0 Å². The first-order chi connectivity index (χ1) is 17.6. The van der Waals surface area contributed by atoms with Crippen LogP contribution in [0.5, 0.6) is 0 Å². The second-order valence-corrected chi connectivity index (χ2v) is 10.1. The minimum absolute atomic E-state index is 0.227. The summed E-state index contributed by atoms with van der Waals surface area (Å²) in [5.41, 5.74) is 6.18. The van der Waals surface area contributed by atoms with Crippen LogP contribution >= 0.6 is 11.3 Å². The van der Waals surface area contributed by atoms with Gasteiger partial charge in [0.15, 0.2) is 10.8 Å². The molecule has 7 heteroatoms. The van der Waals surface area contributed by atoms with E-state index in [1.165, 1.54) is 11.1 Å². The number of fused-ring (bicyclic) bond motifs is 2. The predicted octanol–water partition coefficient (Wildman–Crippen LogP) is 7.07. The van der Waals surface area contributed by atoms with Crippen LogP contribution in [0, 0.1) is 6.92 Å². The Bertz CT molecular complexity index is 1520. The van der Waals surface area contributed by atoms with E-state index >= 15 is 0 Å².